The topological polar surface area (TPSA) is 108 Å². The monoisotopic (exact) mass is 378 g/mol. The van der Waals surface area contributed by atoms with E-state index < -0.39 is 10.0 Å². The van der Waals surface area contributed by atoms with Crippen molar-refractivity contribution in [3.63, 3.8) is 0 Å². The molecule has 0 aliphatic rings. The number of sulfonamides is 1. The van der Waals surface area contributed by atoms with Crippen LogP contribution in [0.4, 0.5) is 0 Å². The van der Waals surface area contributed by atoms with Crippen LogP contribution in [0.2, 0.25) is 0 Å². The molecule has 0 saturated carbocycles. The van der Waals surface area contributed by atoms with Crippen molar-refractivity contribution in [3.05, 3.63) is 59.2 Å². The number of nitrogens with two attached hydrogens (primary N) is 1. The molecule has 3 N–H and O–H groups in total. The number of methoxy groups -OCH3 is 1. The van der Waals surface area contributed by atoms with Gasteiger partial charge in [0.2, 0.25) is 10.0 Å². The molecule has 2 rings (SSSR count). The van der Waals surface area contributed by atoms with E-state index in [1.54, 1.807) is 42.5 Å². The summed E-state index contributed by atoms with van der Waals surface area (Å²) in [6, 6.07) is 11.8. The summed E-state index contributed by atoms with van der Waals surface area (Å²) in [7, 11) is -2.02. The molecule has 26 heavy (non-hydrogen) atoms. The van der Waals surface area contributed by atoms with Crippen LogP contribution in [-0.2, 0) is 22.3 Å². The van der Waals surface area contributed by atoms with Gasteiger partial charge < -0.3 is 14.8 Å². The first-order valence-electron chi connectivity index (χ1n) is 7.99. The lowest BCUT2D eigenvalue weighted by Crippen LogP contribution is -2.22. The number of amides is 1. The quantitative estimate of drug-likeness (QED) is 0.728. The molecule has 0 aromatic heterocycles. The lowest BCUT2D eigenvalue weighted by molar-refractivity contribution is 0.0950. The minimum Gasteiger partial charge on any atom is -0.493 e. The Morgan fingerprint density at radius 2 is 1.73 bits per heavy atom. The molecule has 0 aliphatic carbocycles. The molecule has 0 atom stereocenters. The van der Waals surface area contributed by atoms with E-state index in [0.717, 1.165) is 5.56 Å². The van der Waals surface area contributed by atoms with Gasteiger partial charge in [0.25, 0.3) is 5.91 Å². The molecule has 1 amide bonds. The number of carbonyl (C=O) groups is 1. The minimum atomic E-state index is -3.56. The van der Waals surface area contributed by atoms with Gasteiger partial charge >= 0.3 is 0 Å². The normalized spacial score (nSPS) is 11.0. The van der Waals surface area contributed by atoms with Crippen molar-refractivity contribution in [1.82, 2.24) is 5.32 Å². The predicted octanol–water partition coefficient (Wildman–Crippen LogP) is 1.81. The lowest BCUT2D eigenvalue weighted by Gasteiger charge is -2.11. The van der Waals surface area contributed by atoms with Gasteiger partial charge in [-0.15, -0.1) is 0 Å². The Bertz CT molecular complexity index is 864. The molecule has 0 saturated heterocycles. The summed E-state index contributed by atoms with van der Waals surface area (Å²) in [5, 5.41) is 7.83. The maximum atomic E-state index is 12.3. The molecule has 0 aliphatic heterocycles. The van der Waals surface area contributed by atoms with Crippen molar-refractivity contribution in [2.24, 2.45) is 5.14 Å². The Labute approximate surface area is 153 Å². The summed E-state index contributed by atoms with van der Waals surface area (Å²) in [5.41, 5.74) is 1.90. The number of rotatable bonds is 8. The summed E-state index contributed by atoms with van der Waals surface area (Å²) in [4.78, 5) is 12.3. The zero-order chi connectivity index (χ0) is 19.2. The summed E-state index contributed by atoms with van der Waals surface area (Å²) in [6.45, 7) is 2.63. The van der Waals surface area contributed by atoms with Crippen LogP contribution < -0.4 is 19.9 Å². The van der Waals surface area contributed by atoms with E-state index in [9.17, 15) is 13.2 Å². The number of hydrogen-bond acceptors (Lipinski definition) is 5. The number of primary sulfonamides is 1. The fourth-order valence-electron chi connectivity index (χ4n) is 2.36. The average molecular weight is 378 g/mol. The number of carbonyl (C=O) groups excluding carboxylic acids is 1. The van der Waals surface area contributed by atoms with Crippen LogP contribution in [0.15, 0.2) is 42.5 Å². The average Bonchev–Trinajstić information content (AvgIpc) is 2.60. The highest BCUT2D eigenvalue weighted by Gasteiger charge is 2.11. The van der Waals surface area contributed by atoms with Crippen molar-refractivity contribution in [1.29, 1.82) is 0 Å². The third-order valence-electron chi connectivity index (χ3n) is 3.57. The predicted molar refractivity (Wildman–Crippen MR) is 98.6 cm³/mol. The molecule has 0 heterocycles. The maximum absolute atomic E-state index is 12.3. The molecule has 140 valence electrons. The molecular formula is C18H22N2O5S. The van der Waals surface area contributed by atoms with E-state index in [1.165, 1.54) is 7.11 Å². The Morgan fingerprint density at radius 3 is 2.31 bits per heavy atom. The summed E-state index contributed by atoms with van der Waals surface area (Å²) >= 11 is 0. The van der Waals surface area contributed by atoms with Crippen molar-refractivity contribution in [2.75, 3.05) is 13.7 Å². The van der Waals surface area contributed by atoms with Crippen molar-refractivity contribution < 1.29 is 22.7 Å². The Hall–Kier alpha value is -2.58. The molecular weight excluding hydrogens is 356 g/mol. The van der Waals surface area contributed by atoms with Crippen LogP contribution in [0.5, 0.6) is 11.5 Å². The van der Waals surface area contributed by atoms with E-state index in [2.05, 4.69) is 5.32 Å². The SMILES string of the molecule is CCOc1cc(C(=O)NCc2ccc(CS(N)(=O)=O)cc2)ccc1OC. The molecule has 2 aromatic rings. The lowest BCUT2D eigenvalue weighted by atomic mass is 10.1. The van der Waals surface area contributed by atoms with Crippen LogP contribution in [0.3, 0.4) is 0 Å². The highest BCUT2D eigenvalue weighted by Crippen LogP contribution is 2.28. The van der Waals surface area contributed by atoms with Gasteiger partial charge in [0, 0.05) is 12.1 Å². The maximum Gasteiger partial charge on any atom is 0.251 e. The molecule has 2 aromatic carbocycles. The van der Waals surface area contributed by atoms with Crippen molar-refractivity contribution in [2.45, 2.75) is 19.2 Å². The summed E-state index contributed by atoms with van der Waals surface area (Å²) in [6.07, 6.45) is 0. The third kappa shape index (κ3) is 5.75. The fourth-order valence-corrected chi connectivity index (χ4v) is 3.01. The summed E-state index contributed by atoms with van der Waals surface area (Å²) < 4.78 is 32.8. The van der Waals surface area contributed by atoms with Gasteiger partial charge in [-0.05, 0) is 36.2 Å². The van der Waals surface area contributed by atoms with Gasteiger partial charge in [0.05, 0.1) is 19.5 Å². The van der Waals surface area contributed by atoms with Gasteiger partial charge in [-0.3, -0.25) is 4.79 Å². The Morgan fingerprint density at radius 1 is 1.08 bits per heavy atom. The highest BCUT2D eigenvalue weighted by molar-refractivity contribution is 7.88. The molecule has 0 spiro atoms. The molecule has 0 bridgehead atoms. The van der Waals surface area contributed by atoms with Gasteiger partial charge in [0.1, 0.15) is 0 Å². The van der Waals surface area contributed by atoms with Crippen LogP contribution in [0.25, 0.3) is 0 Å². The second-order valence-corrected chi connectivity index (χ2v) is 7.22. The van der Waals surface area contributed by atoms with Crippen molar-refractivity contribution in [3.8, 4) is 11.5 Å². The Kier molecular flexibility index (Phi) is 6.59. The first kappa shape index (κ1) is 19.7. The summed E-state index contributed by atoms with van der Waals surface area (Å²) in [5.74, 6) is 0.608. The van der Waals surface area contributed by atoms with Crippen LogP contribution in [0, 0.1) is 0 Å². The first-order valence-corrected chi connectivity index (χ1v) is 9.71. The van der Waals surface area contributed by atoms with E-state index in [1.807, 2.05) is 6.92 Å². The molecule has 0 fully saturated rings. The molecule has 0 radical (unpaired) electrons. The number of nitrogens with one attached hydrogen (secondary N) is 1. The van der Waals surface area contributed by atoms with Crippen LogP contribution >= 0.6 is 0 Å². The Balaban J connectivity index is 2.01. The fraction of sp³-hybridized carbons (Fsp3) is 0.278. The van der Waals surface area contributed by atoms with Gasteiger partial charge in [-0.25, -0.2) is 13.6 Å². The van der Waals surface area contributed by atoms with Crippen LogP contribution in [-0.4, -0.2) is 28.0 Å². The smallest absolute Gasteiger partial charge is 0.251 e. The zero-order valence-electron chi connectivity index (χ0n) is 14.7. The molecule has 7 nitrogen and oxygen atoms in total. The molecule has 0 unspecified atom stereocenters. The molecule has 8 heteroatoms. The zero-order valence-corrected chi connectivity index (χ0v) is 15.5. The van der Waals surface area contributed by atoms with E-state index in [-0.39, 0.29) is 11.7 Å². The second kappa shape index (κ2) is 8.68. The van der Waals surface area contributed by atoms with E-state index in [0.29, 0.717) is 35.8 Å². The van der Waals surface area contributed by atoms with Gasteiger partial charge in [-0.1, -0.05) is 24.3 Å². The number of benzene rings is 2. The highest BCUT2D eigenvalue weighted by atomic mass is 32.2. The van der Waals surface area contributed by atoms with E-state index in [4.69, 9.17) is 14.6 Å². The number of hydrogen-bond donors (Lipinski definition) is 2. The minimum absolute atomic E-state index is 0.217. The second-order valence-electron chi connectivity index (χ2n) is 5.61. The first-order chi connectivity index (χ1) is 12.3. The van der Waals surface area contributed by atoms with Gasteiger partial charge in [0.15, 0.2) is 11.5 Å². The standard InChI is InChI=1S/C18H22N2O5S/c1-3-25-17-10-15(8-9-16(17)24-2)18(21)20-11-13-4-6-14(7-5-13)12-26(19,22)23/h4-10H,3,11-12H2,1-2H3,(H,20,21)(H2,19,22,23). The van der Waals surface area contributed by atoms with E-state index >= 15 is 0 Å². The van der Waals surface area contributed by atoms with Crippen molar-refractivity contribution >= 4 is 15.9 Å². The third-order valence-corrected chi connectivity index (χ3v) is 4.31. The van der Waals surface area contributed by atoms with Crippen LogP contribution in [0.1, 0.15) is 28.4 Å². The largest absolute Gasteiger partial charge is 0.493 e. The number of ether oxygens (including phenoxy) is 2. The van der Waals surface area contributed by atoms with Gasteiger partial charge in [-0.2, -0.15) is 0 Å².